The highest BCUT2D eigenvalue weighted by atomic mass is 79.9. The number of benzene rings is 1. The number of hydrogen-bond acceptors (Lipinski definition) is 1. The highest BCUT2D eigenvalue weighted by molar-refractivity contribution is 9.10. The van der Waals surface area contributed by atoms with E-state index in [9.17, 15) is 4.79 Å². The zero-order valence-electron chi connectivity index (χ0n) is 8.09. The zero-order chi connectivity index (χ0) is 10.8. The van der Waals surface area contributed by atoms with E-state index in [4.69, 9.17) is 11.6 Å². The van der Waals surface area contributed by atoms with E-state index < -0.39 is 0 Å². The van der Waals surface area contributed by atoms with Crippen molar-refractivity contribution in [2.45, 2.75) is 12.8 Å². The van der Waals surface area contributed by atoms with Crippen LogP contribution in [0.5, 0.6) is 0 Å². The van der Waals surface area contributed by atoms with Crippen molar-refractivity contribution in [3.63, 3.8) is 0 Å². The molecular formula is C11H11BrClNO. The Bertz CT molecular complexity index is 390. The zero-order valence-corrected chi connectivity index (χ0v) is 10.4. The second-order valence-corrected chi connectivity index (χ2v) is 5.07. The standard InChI is InChI=1S/C11H11BrClNO/c12-10-4-3-8(13)5-9(10)11(15)14-6-7-1-2-7/h3-5,7H,1-2,6H2,(H,14,15). The van der Waals surface area contributed by atoms with E-state index in [0.29, 0.717) is 16.5 Å². The second kappa shape index (κ2) is 4.54. The van der Waals surface area contributed by atoms with Crippen LogP contribution in [0, 0.1) is 5.92 Å². The maximum Gasteiger partial charge on any atom is 0.252 e. The first-order valence-corrected chi connectivity index (χ1v) is 6.07. The van der Waals surface area contributed by atoms with E-state index in [1.54, 1.807) is 18.2 Å². The Balaban J connectivity index is 2.05. The van der Waals surface area contributed by atoms with Crippen molar-refractivity contribution in [1.82, 2.24) is 5.32 Å². The minimum absolute atomic E-state index is 0.0590. The third-order valence-electron chi connectivity index (χ3n) is 2.42. The van der Waals surface area contributed by atoms with Gasteiger partial charge in [-0.2, -0.15) is 0 Å². The van der Waals surface area contributed by atoms with Gasteiger partial charge in [0.05, 0.1) is 5.56 Å². The fraction of sp³-hybridized carbons (Fsp3) is 0.364. The molecule has 0 bridgehead atoms. The SMILES string of the molecule is O=C(NCC1CC1)c1cc(Cl)ccc1Br. The number of carbonyl (C=O) groups is 1. The van der Waals surface area contributed by atoms with Gasteiger partial charge in [0.2, 0.25) is 0 Å². The Morgan fingerprint density at radius 1 is 1.53 bits per heavy atom. The molecule has 0 spiro atoms. The van der Waals surface area contributed by atoms with Gasteiger partial charge in [-0.25, -0.2) is 0 Å². The molecule has 80 valence electrons. The average Bonchev–Trinajstić information content (AvgIpc) is 3.02. The highest BCUT2D eigenvalue weighted by Gasteiger charge is 2.22. The van der Waals surface area contributed by atoms with Crippen molar-refractivity contribution < 1.29 is 4.79 Å². The van der Waals surface area contributed by atoms with Gasteiger partial charge < -0.3 is 5.32 Å². The molecule has 1 saturated carbocycles. The fourth-order valence-electron chi connectivity index (χ4n) is 1.33. The van der Waals surface area contributed by atoms with Crippen LogP contribution in [0.1, 0.15) is 23.2 Å². The molecule has 0 unspecified atom stereocenters. The summed E-state index contributed by atoms with van der Waals surface area (Å²) in [5.41, 5.74) is 0.600. The van der Waals surface area contributed by atoms with Gasteiger partial charge >= 0.3 is 0 Å². The fourth-order valence-corrected chi connectivity index (χ4v) is 1.92. The normalized spacial score (nSPS) is 15.1. The van der Waals surface area contributed by atoms with Crippen LogP contribution in [-0.4, -0.2) is 12.5 Å². The predicted octanol–water partition coefficient (Wildman–Crippen LogP) is 3.24. The van der Waals surface area contributed by atoms with E-state index >= 15 is 0 Å². The molecule has 1 amide bonds. The summed E-state index contributed by atoms with van der Waals surface area (Å²) in [6.45, 7) is 0.776. The number of amides is 1. The summed E-state index contributed by atoms with van der Waals surface area (Å²) < 4.78 is 0.778. The van der Waals surface area contributed by atoms with Crippen LogP contribution >= 0.6 is 27.5 Å². The van der Waals surface area contributed by atoms with E-state index in [0.717, 1.165) is 11.0 Å². The summed E-state index contributed by atoms with van der Waals surface area (Å²) >= 11 is 9.17. The highest BCUT2D eigenvalue weighted by Crippen LogP contribution is 2.28. The summed E-state index contributed by atoms with van der Waals surface area (Å²) in [4.78, 5) is 11.8. The third kappa shape index (κ3) is 2.95. The smallest absolute Gasteiger partial charge is 0.252 e. The second-order valence-electron chi connectivity index (χ2n) is 3.78. The Labute approximate surface area is 102 Å². The van der Waals surface area contributed by atoms with Gasteiger partial charge in [0, 0.05) is 16.0 Å². The van der Waals surface area contributed by atoms with Crippen LogP contribution in [0.4, 0.5) is 0 Å². The van der Waals surface area contributed by atoms with Crippen LogP contribution in [0.25, 0.3) is 0 Å². The average molecular weight is 289 g/mol. The molecule has 1 aromatic rings. The van der Waals surface area contributed by atoms with Gasteiger partial charge in [-0.3, -0.25) is 4.79 Å². The van der Waals surface area contributed by atoms with E-state index in [2.05, 4.69) is 21.2 Å². The van der Waals surface area contributed by atoms with Crippen LogP contribution in [0.2, 0.25) is 5.02 Å². The van der Waals surface area contributed by atoms with E-state index in [-0.39, 0.29) is 5.91 Å². The first-order chi connectivity index (χ1) is 7.16. The lowest BCUT2D eigenvalue weighted by Crippen LogP contribution is -2.25. The Morgan fingerprint density at radius 3 is 2.93 bits per heavy atom. The van der Waals surface area contributed by atoms with Gasteiger partial charge in [0.25, 0.3) is 5.91 Å². The molecule has 1 aliphatic rings. The quantitative estimate of drug-likeness (QED) is 0.909. The Morgan fingerprint density at radius 2 is 2.27 bits per heavy atom. The summed E-state index contributed by atoms with van der Waals surface area (Å²) in [5.74, 6) is 0.628. The van der Waals surface area contributed by atoms with Gasteiger partial charge in [0.15, 0.2) is 0 Å². The van der Waals surface area contributed by atoms with Crippen molar-refractivity contribution in [3.8, 4) is 0 Å². The van der Waals surface area contributed by atoms with Gasteiger partial charge in [0.1, 0.15) is 0 Å². The number of hydrogen-bond donors (Lipinski definition) is 1. The van der Waals surface area contributed by atoms with E-state index in [1.807, 2.05) is 0 Å². The topological polar surface area (TPSA) is 29.1 Å². The molecule has 1 fully saturated rings. The minimum atomic E-state index is -0.0590. The largest absolute Gasteiger partial charge is 0.352 e. The van der Waals surface area contributed by atoms with Crippen molar-refractivity contribution in [3.05, 3.63) is 33.3 Å². The lowest BCUT2D eigenvalue weighted by atomic mass is 10.2. The molecule has 0 aromatic heterocycles. The predicted molar refractivity (Wildman–Crippen MR) is 64.2 cm³/mol. The molecule has 0 saturated heterocycles. The van der Waals surface area contributed by atoms with Crippen molar-refractivity contribution in [1.29, 1.82) is 0 Å². The summed E-state index contributed by atoms with van der Waals surface area (Å²) in [6, 6.07) is 5.21. The lowest BCUT2D eigenvalue weighted by Gasteiger charge is -2.06. The van der Waals surface area contributed by atoms with Gasteiger partial charge in [-0.15, -0.1) is 0 Å². The Kier molecular flexibility index (Phi) is 3.32. The van der Waals surface area contributed by atoms with Gasteiger partial charge in [-0.05, 0) is 52.9 Å². The van der Waals surface area contributed by atoms with Crippen LogP contribution in [0.3, 0.4) is 0 Å². The lowest BCUT2D eigenvalue weighted by molar-refractivity contribution is 0.0951. The van der Waals surface area contributed by atoms with Crippen molar-refractivity contribution in [2.24, 2.45) is 5.92 Å². The molecule has 15 heavy (non-hydrogen) atoms. The van der Waals surface area contributed by atoms with E-state index in [1.165, 1.54) is 12.8 Å². The monoisotopic (exact) mass is 287 g/mol. The molecule has 1 N–H and O–H groups in total. The summed E-state index contributed by atoms with van der Waals surface area (Å²) in [5, 5.41) is 3.48. The van der Waals surface area contributed by atoms with Crippen molar-refractivity contribution >= 4 is 33.4 Å². The maximum atomic E-state index is 11.8. The van der Waals surface area contributed by atoms with Crippen LogP contribution < -0.4 is 5.32 Å². The number of halogens is 2. The summed E-state index contributed by atoms with van der Waals surface area (Å²) in [7, 11) is 0. The molecule has 4 heteroatoms. The number of carbonyl (C=O) groups excluding carboxylic acids is 1. The van der Waals surface area contributed by atoms with Gasteiger partial charge in [-0.1, -0.05) is 11.6 Å². The number of rotatable bonds is 3. The first-order valence-electron chi connectivity index (χ1n) is 4.90. The number of nitrogens with one attached hydrogen (secondary N) is 1. The molecule has 1 aromatic carbocycles. The minimum Gasteiger partial charge on any atom is -0.352 e. The molecule has 2 rings (SSSR count). The third-order valence-corrected chi connectivity index (χ3v) is 3.35. The first kappa shape index (κ1) is 11.0. The molecule has 2 nitrogen and oxygen atoms in total. The molecule has 0 aliphatic heterocycles. The Hall–Kier alpha value is -0.540. The molecule has 0 radical (unpaired) electrons. The van der Waals surface area contributed by atoms with Crippen LogP contribution in [0.15, 0.2) is 22.7 Å². The molecule has 1 aliphatic carbocycles. The van der Waals surface area contributed by atoms with Crippen molar-refractivity contribution in [2.75, 3.05) is 6.54 Å². The maximum absolute atomic E-state index is 11.8. The van der Waals surface area contributed by atoms with Crippen LogP contribution in [-0.2, 0) is 0 Å². The molecule has 0 heterocycles. The summed E-state index contributed by atoms with van der Waals surface area (Å²) in [6.07, 6.45) is 2.47. The molecular weight excluding hydrogens is 277 g/mol. The molecule has 0 atom stereocenters.